The van der Waals surface area contributed by atoms with Crippen molar-refractivity contribution in [3.05, 3.63) is 46.6 Å². The summed E-state index contributed by atoms with van der Waals surface area (Å²) in [5.41, 5.74) is 2.30. The van der Waals surface area contributed by atoms with Gasteiger partial charge in [-0.25, -0.2) is 4.98 Å². The van der Waals surface area contributed by atoms with Gasteiger partial charge in [0.15, 0.2) is 0 Å². The molecule has 0 aliphatic rings. The average Bonchev–Trinajstić information content (AvgIpc) is 2.87. The molecule has 0 aliphatic carbocycles. The van der Waals surface area contributed by atoms with Crippen molar-refractivity contribution >= 4 is 44.7 Å². The van der Waals surface area contributed by atoms with Crippen molar-refractivity contribution < 1.29 is 0 Å². The molecule has 0 radical (unpaired) electrons. The first-order chi connectivity index (χ1) is 9.26. The summed E-state index contributed by atoms with van der Waals surface area (Å²) >= 11 is 7.51. The zero-order valence-corrected chi connectivity index (χ0v) is 11.9. The van der Waals surface area contributed by atoms with Crippen molar-refractivity contribution in [1.82, 2.24) is 9.97 Å². The molecule has 0 bridgehead atoms. The van der Waals surface area contributed by atoms with E-state index in [4.69, 9.17) is 11.6 Å². The van der Waals surface area contributed by atoms with Gasteiger partial charge in [-0.3, -0.25) is 0 Å². The van der Waals surface area contributed by atoms with Gasteiger partial charge in [0, 0.05) is 5.69 Å². The predicted octanol–water partition coefficient (Wildman–Crippen LogP) is 4.65. The van der Waals surface area contributed by atoms with Gasteiger partial charge >= 0.3 is 0 Å². The zero-order chi connectivity index (χ0) is 13.2. The molecule has 5 heteroatoms. The Balaban J connectivity index is 2.02. The molecule has 1 N–H and O–H groups in total. The SMILES string of the molecule is CCc1cccc(Nc2nc(Cl)nc3sccc23)c1. The monoisotopic (exact) mass is 289 g/mol. The van der Waals surface area contributed by atoms with Crippen molar-refractivity contribution in [3.8, 4) is 0 Å². The summed E-state index contributed by atoms with van der Waals surface area (Å²) < 4.78 is 0. The number of benzene rings is 1. The molecular formula is C14H12ClN3S. The quantitative estimate of drug-likeness (QED) is 0.713. The summed E-state index contributed by atoms with van der Waals surface area (Å²) in [4.78, 5) is 9.38. The number of aryl methyl sites for hydroxylation is 1. The molecule has 0 saturated heterocycles. The van der Waals surface area contributed by atoms with Gasteiger partial charge in [0.1, 0.15) is 10.6 Å². The maximum Gasteiger partial charge on any atom is 0.225 e. The van der Waals surface area contributed by atoms with Gasteiger partial charge < -0.3 is 5.32 Å². The number of nitrogens with zero attached hydrogens (tertiary/aromatic N) is 2. The number of halogens is 1. The Morgan fingerprint density at radius 3 is 3.00 bits per heavy atom. The number of hydrogen-bond donors (Lipinski definition) is 1. The second kappa shape index (κ2) is 5.15. The Labute approximate surface area is 120 Å². The minimum atomic E-state index is 0.268. The molecule has 0 aliphatic heterocycles. The molecule has 2 aromatic heterocycles. The maximum absolute atomic E-state index is 5.95. The van der Waals surface area contributed by atoms with Crippen molar-refractivity contribution in [2.45, 2.75) is 13.3 Å². The van der Waals surface area contributed by atoms with E-state index in [1.54, 1.807) is 11.3 Å². The van der Waals surface area contributed by atoms with E-state index in [1.165, 1.54) is 5.56 Å². The van der Waals surface area contributed by atoms with Crippen LogP contribution in [-0.4, -0.2) is 9.97 Å². The van der Waals surface area contributed by atoms with Gasteiger partial charge in [-0.1, -0.05) is 19.1 Å². The molecule has 0 amide bonds. The van der Waals surface area contributed by atoms with Gasteiger partial charge in [-0.05, 0) is 47.2 Å². The van der Waals surface area contributed by atoms with Crippen LogP contribution in [0.3, 0.4) is 0 Å². The number of rotatable bonds is 3. The van der Waals surface area contributed by atoms with Crippen LogP contribution in [0.25, 0.3) is 10.2 Å². The van der Waals surface area contributed by atoms with Gasteiger partial charge in [0.2, 0.25) is 5.28 Å². The van der Waals surface area contributed by atoms with E-state index in [-0.39, 0.29) is 5.28 Å². The second-order valence-electron chi connectivity index (χ2n) is 4.16. The average molecular weight is 290 g/mol. The van der Waals surface area contributed by atoms with E-state index in [0.29, 0.717) is 0 Å². The van der Waals surface area contributed by atoms with Crippen LogP contribution in [0.2, 0.25) is 5.28 Å². The molecule has 3 nitrogen and oxygen atoms in total. The van der Waals surface area contributed by atoms with Crippen molar-refractivity contribution in [2.24, 2.45) is 0 Å². The van der Waals surface area contributed by atoms with Crippen LogP contribution in [0, 0.1) is 0 Å². The molecule has 3 aromatic rings. The highest BCUT2D eigenvalue weighted by molar-refractivity contribution is 7.16. The molecule has 0 atom stereocenters. The fourth-order valence-corrected chi connectivity index (χ4v) is 2.91. The minimum Gasteiger partial charge on any atom is -0.340 e. The second-order valence-corrected chi connectivity index (χ2v) is 5.39. The molecule has 19 heavy (non-hydrogen) atoms. The highest BCUT2D eigenvalue weighted by Crippen LogP contribution is 2.28. The van der Waals surface area contributed by atoms with Crippen molar-refractivity contribution in [2.75, 3.05) is 5.32 Å². The number of anilines is 2. The molecule has 3 rings (SSSR count). The topological polar surface area (TPSA) is 37.8 Å². The van der Waals surface area contributed by atoms with Crippen LogP contribution < -0.4 is 5.32 Å². The first kappa shape index (κ1) is 12.4. The Kier molecular flexibility index (Phi) is 3.36. The molecule has 0 spiro atoms. The Morgan fingerprint density at radius 1 is 1.26 bits per heavy atom. The fraction of sp³-hybridized carbons (Fsp3) is 0.143. The molecule has 0 saturated carbocycles. The lowest BCUT2D eigenvalue weighted by molar-refractivity contribution is 1.14. The summed E-state index contributed by atoms with van der Waals surface area (Å²) in [6.07, 6.45) is 1.01. The van der Waals surface area contributed by atoms with Crippen LogP contribution >= 0.6 is 22.9 Å². The third kappa shape index (κ3) is 2.55. The highest BCUT2D eigenvalue weighted by Gasteiger charge is 2.08. The normalized spacial score (nSPS) is 10.8. The molecule has 96 valence electrons. The Morgan fingerprint density at radius 2 is 2.16 bits per heavy atom. The van der Waals surface area contributed by atoms with Gasteiger partial charge in [0.25, 0.3) is 0 Å². The van der Waals surface area contributed by atoms with E-state index >= 15 is 0 Å². The van der Waals surface area contributed by atoms with E-state index in [2.05, 4.69) is 34.3 Å². The van der Waals surface area contributed by atoms with Gasteiger partial charge in [-0.15, -0.1) is 11.3 Å². The Hall–Kier alpha value is -1.65. The fourth-order valence-electron chi connectivity index (χ4n) is 1.93. The van der Waals surface area contributed by atoms with Crippen molar-refractivity contribution in [1.29, 1.82) is 0 Å². The number of thiophene rings is 1. The number of hydrogen-bond acceptors (Lipinski definition) is 4. The molecule has 2 heterocycles. The summed E-state index contributed by atoms with van der Waals surface area (Å²) in [6, 6.07) is 10.3. The Bertz CT molecular complexity index is 724. The largest absolute Gasteiger partial charge is 0.340 e. The maximum atomic E-state index is 5.95. The highest BCUT2D eigenvalue weighted by atomic mass is 35.5. The van der Waals surface area contributed by atoms with Crippen LogP contribution in [-0.2, 0) is 6.42 Å². The third-order valence-electron chi connectivity index (χ3n) is 2.90. The zero-order valence-electron chi connectivity index (χ0n) is 10.4. The van der Waals surface area contributed by atoms with Crippen LogP contribution in [0.5, 0.6) is 0 Å². The van der Waals surface area contributed by atoms with E-state index in [0.717, 1.165) is 28.1 Å². The lowest BCUT2D eigenvalue weighted by atomic mass is 10.1. The third-order valence-corrected chi connectivity index (χ3v) is 3.87. The molecule has 0 unspecified atom stereocenters. The molecular weight excluding hydrogens is 278 g/mol. The lowest BCUT2D eigenvalue weighted by Gasteiger charge is -2.08. The molecule has 0 fully saturated rings. The number of aromatic nitrogens is 2. The smallest absolute Gasteiger partial charge is 0.225 e. The van der Waals surface area contributed by atoms with Gasteiger partial charge in [0.05, 0.1) is 5.39 Å². The summed E-state index contributed by atoms with van der Waals surface area (Å²) in [7, 11) is 0. The minimum absolute atomic E-state index is 0.268. The van der Waals surface area contributed by atoms with E-state index in [1.807, 2.05) is 23.6 Å². The van der Waals surface area contributed by atoms with E-state index in [9.17, 15) is 0 Å². The summed E-state index contributed by atoms with van der Waals surface area (Å²) in [5, 5.41) is 6.57. The number of nitrogens with one attached hydrogen (secondary N) is 1. The summed E-state index contributed by atoms with van der Waals surface area (Å²) in [6.45, 7) is 2.14. The first-order valence-corrected chi connectivity index (χ1v) is 7.28. The van der Waals surface area contributed by atoms with Crippen LogP contribution in [0.4, 0.5) is 11.5 Å². The standard InChI is InChI=1S/C14H12ClN3S/c1-2-9-4-3-5-10(8-9)16-12-11-6-7-19-13(11)18-14(15)17-12/h3-8H,2H2,1H3,(H,16,17,18). The first-order valence-electron chi connectivity index (χ1n) is 6.03. The van der Waals surface area contributed by atoms with Crippen LogP contribution in [0.1, 0.15) is 12.5 Å². The molecule has 1 aromatic carbocycles. The number of fused-ring (bicyclic) bond motifs is 1. The van der Waals surface area contributed by atoms with Crippen LogP contribution in [0.15, 0.2) is 35.7 Å². The predicted molar refractivity (Wildman–Crippen MR) is 81.5 cm³/mol. The van der Waals surface area contributed by atoms with E-state index < -0.39 is 0 Å². The van der Waals surface area contributed by atoms with Crippen molar-refractivity contribution in [3.63, 3.8) is 0 Å². The lowest BCUT2D eigenvalue weighted by Crippen LogP contribution is -1.96. The van der Waals surface area contributed by atoms with Gasteiger partial charge in [-0.2, -0.15) is 4.98 Å². The summed E-state index contributed by atoms with van der Waals surface area (Å²) in [5.74, 6) is 0.754.